The fourth-order valence-electron chi connectivity index (χ4n) is 1.69. The normalized spacial score (nSPS) is 10.3. The molecule has 5 nitrogen and oxygen atoms in total. The average Bonchev–Trinajstić information content (AvgIpc) is 2.33. The Kier molecular flexibility index (Phi) is 4.42. The largest absolute Gasteiger partial charge is 0.347 e. The molecule has 2 aromatic rings. The zero-order valence-electron chi connectivity index (χ0n) is 10.5. The highest BCUT2D eigenvalue weighted by molar-refractivity contribution is 6.42. The number of aryl methyl sites for hydroxylation is 1. The number of hydrogen-bond donors (Lipinski definition) is 2. The molecule has 7 heteroatoms. The van der Waals surface area contributed by atoms with Crippen LogP contribution in [0.2, 0.25) is 10.0 Å². The summed E-state index contributed by atoms with van der Waals surface area (Å²) in [5.41, 5.74) is 0.709. The molecule has 0 saturated heterocycles. The maximum Gasteiger partial charge on any atom is 0.347 e. The van der Waals surface area contributed by atoms with Crippen LogP contribution in [-0.2, 0) is 11.2 Å². The number of amides is 1. The molecule has 0 radical (unpaired) electrons. The van der Waals surface area contributed by atoms with Crippen molar-refractivity contribution in [1.82, 2.24) is 9.97 Å². The van der Waals surface area contributed by atoms with E-state index in [2.05, 4.69) is 15.3 Å². The number of nitrogens with zero attached hydrogens (tertiary/aromatic N) is 1. The molecule has 0 unspecified atom stereocenters. The number of benzene rings is 1. The summed E-state index contributed by atoms with van der Waals surface area (Å²) in [6, 6.07) is 6.64. The van der Waals surface area contributed by atoms with Crippen LogP contribution < -0.4 is 11.0 Å². The number of hydrogen-bond acceptors (Lipinski definition) is 3. The zero-order valence-corrected chi connectivity index (χ0v) is 12.0. The molecule has 0 spiro atoms. The number of halogens is 2. The Balaban J connectivity index is 2.13. The molecular formula is C13H11Cl2N3O2. The van der Waals surface area contributed by atoms with Crippen LogP contribution in [0.3, 0.4) is 0 Å². The third-order valence-corrected chi connectivity index (χ3v) is 3.39. The minimum atomic E-state index is -0.513. The maximum atomic E-state index is 11.9. The van der Waals surface area contributed by atoms with Crippen LogP contribution in [0.1, 0.15) is 11.3 Å². The number of anilines is 1. The van der Waals surface area contributed by atoms with E-state index in [-0.39, 0.29) is 18.1 Å². The smallest absolute Gasteiger partial charge is 0.310 e. The van der Waals surface area contributed by atoms with Crippen molar-refractivity contribution in [2.75, 3.05) is 5.32 Å². The molecule has 1 aromatic carbocycles. The lowest BCUT2D eigenvalue weighted by Crippen LogP contribution is -2.20. The van der Waals surface area contributed by atoms with Crippen molar-refractivity contribution in [1.29, 1.82) is 0 Å². The summed E-state index contributed by atoms with van der Waals surface area (Å²) in [7, 11) is 0. The number of rotatable bonds is 3. The number of aromatic amines is 1. The molecule has 0 saturated carbocycles. The lowest BCUT2D eigenvalue weighted by atomic mass is 10.1. The van der Waals surface area contributed by atoms with E-state index in [0.717, 1.165) is 0 Å². The van der Waals surface area contributed by atoms with Crippen molar-refractivity contribution < 1.29 is 4.79 Å². The molecule has 104 valence electrons. The topological polar surface area (TPSA) is 74.8 Å². The lowest BCUT2D eigenvalue weighted by Gasteiger charge is -2.07. The molecule has 0 bridgehead atoms. The van der Waals surface area contributed by atoms with Crippen LogP contribution in [0.5, 0.6) is 0 Å². The number of carbonyl (C=O) groups excluding carboxylic acids is 1. The minimum Gasteiger partial charge on any atom is -0.310 e. The van der Waals surface area contributed by atoms with Gasteiger partial charge in [-0.1, -0.05) is 35.3 Å². The van der Waals surface area contributed by atoms with Gasteiger partial charge >= 0.3 is 5.69 Å². The molecule has 0 aliphatic rings. The van der Waals surface area contributed by atoms with E-state index in [1.165, 1.54) is 0 Å². The summed E-state index contributed by atoms with van der Waals surface area (Å²) in [4.78, 5) is 29.2. The van der Waals surface area contributed by atoms with Crippen molar-refractivity contribution in [3.05, 3.63) is 56.1 Å². The summed E-state index contributed by atoms with van der Waals surface area (Å²) in [6.07, 6.45) is 0.0485. The second-order valence-corrected chi connectivity index (χ2v) is 4.98. The van der Waals surface area contributed by atoms with E-state index in [1.807, 2.05) is 0 Å². The second kappa shape index (κ2) is 6.07. The molecule has 0 atom stereocenters. The highest BCUT2D eigenvalue weighted by atomic mass is 35.5. The molecule has 0 fully saturated rings. The van der Waals surface area contributed by atoms with E-state index in [4.69, 9.17) is 23.2 Å². The number of aromatic nitrogens is 2. The first kappa shape index (κ1) is 14.6. The fraction of sp³-hybridized carbons (Fsp3) is 0.154. The summed E-state index contributed by atoms with van der Waals surface area (Å²) in [5, 5.41) is 3.28. The number of H-pyrrole nitrogens is 1. The predicted octanol–water partition coefficient (Wildman–Crippen LogP) is 2.57. The molecule has 1 amide bonds. The Bertz CT molecular complexity index is 713. The van der Waals surface area contributed by atoms with Gasteiger partial charge in [0.1, 0.15) is 5.82 Å². The first-order valence-corrected chi connectivity index (χ1v) is 6.52. The Morgan fingerprint density at radius 3 is 2.85 bits per heavy atom. The summed E-state index contributed by atoms with van der Waals surface area (Å²) in [5.74, 6) is -0.124. The predicted molar refractivity (Wildman–Crippen MR) is 78.4 cm³/mol. The Labute approximate surface area is 125 Å². The van der Waals surface area contributed by atoms with Crippen LogP contribution in [0, 0.1) is 6.92 Å². The number of nitrogens with one attached hydrogen (secondary N) is 2. The molecular weight excluding hydrogens is 301 g/mol. The van der Waals surface area contributed by atoms with Crippen LogP contribution in [0.4, 0.5) is 5.82 Å². The van der Waals surface area contributed by atoms with Crippen molar-refractivity contribution >= 4 is 34.9 Å². The second-order valence-electron chi connectivity index (χ2n) is 4.19. The van der Waals surface area contributed by atoms with E-state index in [1.54, 1.807) is 31.2 Å². The average molecular weight is 312 g/mol. The van der Waals surface area contributed by atoms with E-state index in [0.29, 0.717) is 21.3 Å². The lowest BCUT2D eigenvalue weighted by molar-refractivity contribution is -0.115. The zero-order chi connectivity index (χ0) is 14.7. The van der Waals surface area contributed by atoms with Gasteiger partial charge < -0.3 is 10.3 Å². The van der Waals surface area contributed by atoms with Gasteiger partial charge in [-0.2, -0.15) is 4.98 Å². The van der Waals surface area contributed by atoms with E-state index < -0.39 is 5.69 Å². The van der Waals surface area contributed by atoms with E-state index >= 15 is 0 Å². The van der Waals surface area contributed by atoms with Crippen LogP contribution in [0.15, 0.2) is 29.1 Å². The van der Waals surface area contributed by atoms with Gasteiger partial charge in [-0.05, 0) is 18.6 Å². The molecule has 2 rings (SSSR count). The highest BCUT2D eigenvalue weighted by Crippen LogP contribution is 2.25. The summed E-state index contributed by atoms with van der Waals surface area (Å²) in [6.45, 7) is 1.70. The Morgan fingerprint density at radius 1 is 1.40 bits per heavy atom. The molecule has 0 aliphatic carbocycles. The standard InChI is InChI=1S/C13H11Cl2N3O2/c1-7-5-10(18-13(20)16-7)17-11(19)6-8-3-2-4-9(14)12(8)15/h2-5H,6H2,1H3,(H2,16,17,18,19,20). The number of carbonyl (C=O) groups is 1. The van der Waals surface area contributed by atoms with Crippen molar-refractivity contribution in [3.8, 4) is 0 Å². The van der Waals surface area contributed by atoms with Crippen LogP contribution >= 0.6 is 23.2 Å². The van der Waals surface area contributed by atoms with Gasteiger partial charge in [-0.3, -0.25) is 4.79 Å². The quantitative estimate of drug-likeness (QED) is 0.914. The van der Waals surface area contributed by atoms with Gasteiger partial charge in [0.15, 0.2) is 0 Å². The van der Waals surface area contributed by atoms with Crippen molar-refractivity contribution in [3.63, 3.8) is 0 Å². The van der Waals surface area contributed by atoms with Crippen LogP contribution in [0.25, 0.3) is 0 Å². The summed E-state index contributed by atoms with van der Waals surface area (Å²) < 4.78 is 0. The Morgan fingerprint density at radius 2 is 2.15 bits per heavy atom. The fourth-order valence-corrected chi connectivity index (χ4v) is 2.08. The van der Waals surface area contributed by atoms with Crippen molar-refractivity contribution in [2.24, 2.45) is 0 Å². The van der Waals surface area contributed by atoms with E-state index in [9.17, 15) is 9.59 Å². The highest BCUT2D eigenvalue weighted by Gasteiger charge is 2.10. The van der Waals surface area contributed by atoms with Gasteiger partial charge in [0.2, 0.25) is 5.91 Å². The van der Waals surface area contributed by atoms with Gasteiger partial charge in [-0.25, -0.2) is 4.79 Å². The summed E-state index contributed by atoms with van der Waals surface area (Å²) >= 11 is 11.9. The maximum absolute atomic E-state index is 11.9. The SMILES string of the molecule is Cc1cc(NC(=O)Cc2cccc(Cl)c2Cl)nc(=O)[nH]1. The molecule has 1 aromatic heterocycles. The monoisotopic (exact) mass is 311 g/mol. The molecule has 20 heavy (non-hydrogen) atoms. The minimum absolute atomic E-state index is 0.0485. The third-order valence-electron chi connectivity index (χ3n) is 2.53. The van der Waals surface area contributed by atoms with Gasteiger partial charge in [-0.15, -0.1) is 0 Å². The third kappa shape index (κ3) is 3.59. The molecule has 1 heterocycles. The first-order chi connectivity index (χ1) is 9.45. The van der Waals surface area contributed by atoms with Crippen LogP contribution in [-0.4, -0.2) is 15.9 Å². The molecule has 2 N–H and O–H groups in total. The van der Waals surface area contributed by atoms with Gasteiger partial charge in [0.05, 0.1) is 16.5 Å². The Hall–Kier alpha value is -1.85. The van der Waals surface area contributed by atoms with Gasteiger partial charge in [0.25, 0.3) is 0 Å². The first-order valence-electron chi connectivity index (χ1n) is 5.76. The van der Waals surface area contributed by atoms with Gasteiger partial charge in [0, 0.05) is 11.8 Å². The van der Waals surface area contributed by atoms with Crippen molar-refractivity contribution in [2.45, 2.75) is 13.3 Å². The molecule has 0 aliphatic heterocycles.